The first kappa shape index (κ1) is 18.5. The van der Waals surface area contributed by atoms with Crippen molar-refractivity contribution < 1.29 is 23.4 Å². The summed E-state index contributed by atoms with van der Waals surface area (Å²) in [7, 11) is 0. The van der Waals surface area contributed by atoms with Crippen LogP contribution in [-0.2, 0) is 0 Å². The summed E-state index contributed by atoms with van der Waals surface area (Å²) in [6.07, 6.45) is 0.641. The Labute approximate surface area is 143 Å². The second kappa shape index (κ2) is 7.40. The van der Waals surface area contributed by atoms with Crippen molar-refractivity contribution in [3.05, 3.63) is 53.6 Å². The summed E-state index contributed by atoms with van der Waals surface area (Å²) in [6, 6.07) is 10.6. The quantitative estimate of drug-likeness (QED) is 0.522. The van der Waals surface area contributed by atoms with E-state index in [2.05, 4.69) is 10.1 Å². The largest absolute Gasteiger partial charge is 0.435 e. The van der Waals surface area contributed by atoms with Crippen molar-refractivity contribution in [1.82, 2.24) is 0 Å². The lowest BCUT2D eigenvalue weighted by atomic mass is 9.93. The molecule has 0 amide bonds. The average Bonchev–Trinajstić information content (AvgIpc) is 2.53. The minimum Gasteiger partial charge on any atom is -0.435 e. The van der Waals surface area contributed by atoms with Crippen LogP contribution in [0.1, 0.15) is 29.8 Å². The zero-order chi connectivity index (χ0) is 18.6. The van der Waals surface area contributed by atoms with Gasteiger partial charge in [0.05, 0.1) is 5.71 Å². The van der Waals surface area contributed by atoms with E-state index in [1.807, 2.05) is 0 Å². The molecule has 0 heterocycles. The topological polar surface area (TPSA) is 82.4 Å². The zero-order valence-corrected chi connectivity index (χ0v) is 13.7. The number of nitrogens with one attached hydrogen (secondary N) is 2. The Morgan fingerprint density at radius 2 is 2.00 bits per heavy atom. The number of carbonyl (C=O) groups is 1. The van der Waals surface area contributed by atoms with Gasteiger partial charge in [0.1, 0.15) is 17.6 Å². The minimum atomic E-state index is -2.93. The van der Waals surface area contributed by atoms with Crippen LogP contribution in [0.2, 0.25) is 0 Å². The highest BCUT2D eigenvalue weighted by Gasteiger charge is 2.24. The van der Waals surface area contributed by atoms with Crippen molar-refractivity contribution in [3.8, 4) is 5.75 Å². The Morgan fingerprint density at radius 3 is 2.60 bits per heavy atom. The van der Waals surface area contributed by atoms with Gasteiger partial charge in [-0.3, -0.25) is 4.79 Å². The van der Waals surface area contributed by atoms with Gasteiger partial charge in [-0.25, -0.2) is 0 Å². The predicted molar refractivity (Wildman–Crippen MR) is 91.3 cm³/mol. The Hall–Kier alpha value is -2.80. The fourth-order valence-electron chi connectivity index (χ4n) is 2.19. The van der Waals surface area contributed by atoms with Crippen molar-refractivity contribution in [1.29, 1.82) is 5.41 Å². The Bertz CT molecular complexity index is 786. The standard InChI is InChI=1S/C18H18F2N2O3/c1-18(2,24)16(21)14-8-11(10-23)6-7-15(14)22-12-4-3-5-13(9-12)25-17(19)20/h3-10,17,21-22,24H,1-2H3. The highest BCUT2D eigenvalue weighted by atomic mass is 19.3. The number of anilines is 2. The molecular weight excluding hydrogens is 330 g/mol. The number of halogens is 2. The van der Waals surface area contributed by atoms with Crippen molar-refractivity contribution in [2.45, 2.75) is 26.1 Å². The molecule has 0 aromatic heterocycles. The van der Waals surface area contributed by atoms with Gasteiger partial charge in [-0.15, -0.1) is 0 Å². The zero-order valence-electron chi connectivity index (χ0n) is 13.7. The first-order valence-electron chi connectivity index (χ1n) is 7.43. The van der Waals surface area contributed by atoms with E-state index in [4.69, 9.17) is 5.41 Å². The highest BCUT2D eigenvalue weighted by Crippen LogP contribution is 2.27. The van der Waals surface area contributed by atoms with Crippen molar-refractivity contribution in [2.75, 3.05) is 5.32 Å². The highest BCUT2D eigenvalue weighted by molar-refractivity contribution is 6.09. The second-order valence-electron chi connectivity index (χ2n) is 5.89. The molecule has 0 fully saturated rings. The van der Waals surface area contributed by atoms with Crippen LogP contribution in [-0.4, -0.2) is 29.3 Å². The molecule has 0 radical (unpaired) electrons. The first-order valence-corrected chi connectivity index (χ1v) is 7.43. The minimum absolute atomic E-state index is 0.0105. The third-order valence-corrected chi connectivity index (χ3v) is 3.40. The lowest BCUT2D eigenvalue weighted by Crippen LogP contribution is -2.31. The van der Waals surface area contributed by atoms with Gasteiger partial charge in [-0.05, 0) is 44.2 Å². The molecule has 5 nitrogen and oxygen atoms in total. The summed E-state index contributed by atoms with van der Waals surface area (Å²) in [6.45, 7) is -0.00538. The van der Waals surface area contributed by atoms with Crippen LogP contribution in [0.4, 0.5) is 20.2 Å². The molecule has 0 saturated heterocycles. The summed E-state index contributed by atoms with van der Waals surface area (Å²) in [4.78, 5) is 11.0. The fourth-order valence-corrected chi connectivity index (χ4v) is 2.19. The van der Waals surface area contributed by atoms with Crippen LogP contribution in [0, 0.1) is 5.41 Å². The van der Waals surface area contributed by atoms with E-state index in [1.54, 1.807) is 24.3 Å². The SMILES string of the molecule is CC(C)(O)C(=N)c1cc(C=O)ccc1Nc1cccc(OC(F)F)c1. The van der Waals surface area contributed by atoms with Gasteiger partial charge in [0, 0.05) is 28.6 Å². The lowest BCUT2D eigenvalue weighted by Gasteiger charge is -2.22. The van der Waals surface area contributed by atoms with E-state index >= 15 is 0 Å². The maximum absolute atomic E-state index is 12.3. The summed E-state index contributed by atoms with van der Waals surface area (Å²) in [5.74, 6) is -0.0105. The van der Waals surface area contributed by atoms with Gasteiger partial charge in [-0.1, -0.05) is 6.07 Å². The molecule has 0 aliphatic heterocycles. The van der Waals surface area contributed by atoms with Gasteiger partial charge in [0.15, 0.2) is 0 Å². The number of hydrogen-bond donors (Lipinski definition) is 3. The number of aliphatic hydroxyl groups is 1. The monoisotopic (exact) mass is 348 g/mol. The van der Waals surface area contributed by atoms with Crippen LogP contribution in [0.5, 0.6) is 5.75 Å². The third-order valence-electron chi connectivity index (χ3n) is 3.40. The van der Waals surface area contributed by atoms with Crippen molar-refractivity contribution in [2.24, 2.45) is 0 Å². The van der Waals surface area contributed by atoms with E-state index in [-0.39, 0.29) is 11.5 Å². The van der Waals surface area contributed by atoms with Crippen LogP contribution >= 0.6 is 0 Å². The van der Waals surface area contributed by atoms with E-state index in [0.29, 0.717) is 28.8 Å². The molecule has 25 heavy (non-hydrogen) atoms. The van der Waals surface area contributed by atoms with Gasteiger partial charge in [0.2, 0.25) is 0 Å². The van der Waals surface area contributed by atoms with Crippen LogP contribution < -0.4 is 10.1 Å². The van der Waals surface area contributed by atoms with E-state index in [9.17, 15) is 18.7 Å². The third kappa shape index (κ3) is 4.84. The molecule has 0 spiro atoms. The summed E-state index contributed by atoms with van der Waals surface area (Å²) in [5.41, 5.74) is 0.0903. The number of aldehydes is 1. The molecule has 2 aromatic rings. The van der Waals surface area contributed by atoms with Crippen LogP contribution in [0.3, 0.4) is 0 Å². The molecule has 0 aliphatic carbocycles. The molecule has 0 atom stereocenters. The molecule has 0 bridgehead atoms. The summed E-state index contributed by atoms with van der Waals surface area (Å²) >= 11 is 0. The van der Waals surface area contributed by atoms with Gasteiger partial charge in [0.25, 0.3) is 0 Å². The van der Waals surface area contributed by atoms with E-state index in [1.165, 1.54) is 32.0 Å². The summed E-state index contributed by atoms with van der Waals surface area (Å²) in [5, 5.41) is 21.3. The number of benzene rings is 2. The lowest BCUT2D eigenvalue weighted by molar-refractivity contribution is -0.0498. The average molecular weight is 348 g/mol. The predicted octanol–water partition coefficient (Wildman–Crippen LogP) is 3.98. The van der Waals surface area contributed by atoms with E-state index in [0.717, 1.165) is 0 Å². The van der Waals surface area contributed by atoms with Crippen molar-refractivity contribution >= 4 is 23.4 Å². The van der Waals surface area contributed by atoms with E-state index < -0.39 is 12.2 Å². The number of ether oxygens (including phenoxy) is 1. The molecule has 7 heteroatoms. The number of carbonyl (C=O) groups excluding carboxylic acids is 1. The smallest absolute Gasteiger partial charge is 0.387 e. The normalized spacial score (nSPS) is 11.3. The van der Waals surface area contributed by atoms with Crippen LogP contribution in [0.15, 0.2) is 42.5 Å². The maximum atomic E-state index is 12.3. The fraction of sp³-hybridized carbons (Fsp3) is 0.222. The number of hydrogen-bond acceptors (Lipinski definition) is 5. The molecule has 0 saturated carbocycles. The Kier molecular flexibility index (Phi) is 5.48. The second-order valence-corrected chi connectivity index (χ2v) is 5.89. The number of alkyl halides is 2. The van der Waals surface area contributed by atoms with Crippen molar-refractivity contribution in [3.63, 3.8) is 0 Å². The summed E-state index contributed by atoms with van der Waals surface area (Å²) < 4.78 is 29.0. The maximum Gasteiger partial charge on any atom is 0.387 e. The Balaban J connectivity index is 2.39. The first-order chi connectivity index (χ1) is 11.7. The molecule has 0 unspecified atom stereocenters. The van der Waals surface area contributed by atoms with Crippen LogP contribution in [0.25, 0.3) is 0 Å². The Morgan fingerprint density at radius 1 is 1.28 bits per heavy atom. The molecule has 2 rings (SSSR count). The molecule has 132 valence electrons. The van der Waals surface area contributed by atoms with Gasteiger partial charge >= 0.3 is 6.61 Å². The molecule has 3 N–H and O–H groups in total. The molecular formula is C18H18F2N2O3. The number of rotatable bonds is 7. The van der Waals surface area contributed by atoms with Gasteiger partial charge < -0.3 is 20.6 Å². The van der Waals surface area contributed by atoms with Gasteiger partial charge in [-0.2, -0.15) is 8.78 Å². The molecule has 2 aromatic carbocycles. The molecule has 0 aliphatic rings.